The highest BCUT2D eigenvalue weighted by molar-refractivity contribution is 6.40. The molecule has 1 aliphatic heterocycles. The number of nitrogens with zero attached hydrogens (tertiary/aromatic N) is 5. The van der Waals surface area contributed by atoms with E-state index >= 15 is 0 Å². The van der Waals surface area contributed by atoms with Gasteiger partial charge in [0, 0.05) is 56.7 Å². The van der Waals surface area contributed by atoms with E-state index in [4.69, 9.17) is 28.3 Å². The zero-order valence-electron chi connectivity index (χ0n) is 17.7. The number of hydrogen-bond donors (Lipinski definition) is 3. The topological polar surface area (TPSA) is 107 Å². The quantitative estimate of drug-likeness (QED) is 0.465. The Morgan fingerprint density at radius 1 is 1.00 bits per heavy atom. The molecule has 0 aliphatic carbocycles. The SMILES string of the molecule is O=C(Nc1ccnc(Nc2cc(N3CCN(CCO)CC3)ncn2)c1)c1c(Cl)cccc1Cl. The molecule has 33 heavy (non-hydrogen) atoms. The van der Waals surface area contributed by atoms with Gasteiger partial charge in [-0.3, -0.25) is 9.69 Å². The molecule has 3 N–H and O–H groups in total. The number of carbonyl (C=O) groups excluding carboxylic acids is 1. The Morgan fingerprint density at radius 3 is 2.45 bits per heavy atom. The van der Waals surface area contributed by atoms with Crippen LogP contribution in [0.5, 0.6) is 0 Å². The van der Waals surface area contributed by atoms with Gasteiger partial charge in [0.2, 0.25) is 0 Å². The summed E-state index contributed by atoms with van der Waals surface area (Å²) in [4.78, 5) is 30.0. The second kappa shape index (κ2) is 10.8. The third-order valence-electron chi connectivity index (χ3n) is 5.23. The van der Waals surface area contributed by atoms with Crippen molar-refractivity contribution < 1.29 is 9.90 Å². The highest BCUT2D eigenvalue weighted by atomic mass is 35.5. The molecule has 1 aliphatic rings. The van der Waals surface area contributed by atoms with E-state index in [0.717, 1.165) is 32.0 Å². The van der Waals surface area contributed by atoms with E-state index in [1.165, 1.54) is 6.33 Å². The van der Waals surface area contributed by atoms with Crippen LogP contribution in [0.15, 0.2) is 48.9 Å². The van der Waals surface area contributed by atoms with Gasteiger partial charge in [0.15, 0.2) is 0 Å². The van der Waals surface area contributed by atoms with Crippen molar-refractivity contribution in [1.82, 2.24) is 19.9 Å². The maximum Gasteiger partial charge on any atom is 0.258 e. The van der Waals surface area contributed by atoms with Crippen LogP contribution in [0.1, 0.15) is 10.4 Å². The fourth-order valence-corrected chi connectivity index (χ4v) is 4.12. The number of hydrogen-bond acceptors (Lipinski definition) is 8. The average Bonchev–Trinajstić information content (AvgIpc) is 2.80. The third kappa shape index (κ3) is 5.88. The first-order valence-electron chi connectivity index (χ1n) is 10.4. The van der Waals surface area contributed by atoms with Crippen LogP contribution in [0.3, 0.4) is 0 Å². The largest absolute Gasteiger partial charge is 0.395 e. The van der Waals surface area contributed by atoms with Gasteiger partial charge in [-0.2, -0.15) is 0 Å². The second-order valence-corrected chi connectivity index (χ2v) is 8.23. The van der Waals surface area contributed by atoms with Gasteiger partial charge in [-0.1, -0.05) is 29.3 Å². The van der Waals surface area contributed by atoms with Crippen molar-refractivity contribution in [3.05, 3.63) is 64.5 Å². The maximum atomic E-state index is 12.6. The van der Waals surface area contributed by atoms with Gasteiger partial charge < -0.3 is 20.6 Å². The molecule has 0 unspecified atom stereocenters. The lowest BCUT2D eigenvalue weighted by molar-refractivity contribution is 0.102. The summed E-state index contributed by atoms with van der Waals surface area (Å²) in [5, 5.41) is 15.6. The lowest BCUT2D eigenvalue weighted by atomic mass is 10.2. The smallest absolute Gasteiger partial charge is 0.258 e. The fraction of sp³-hybridized carbons (Fsp3) is 0.273. The number of nitrogens with one attached hydrogen (secondary N) is 2. The van der Waals surface area contributed by atoms with Crippen molar-refractivity contribution in [1.29, 1.82) is 0 Å². The van der Waals surface area contributed by atoms with Gasteiger partial charge in [-0.25, -0.2) is 15.0 Å². The number of pyridine rings is 1. The fourth-order valence-electron chi connectivity index (χ4n) is 3.55. The predicted molar refractivity (Wildman–Crippen MR) is 130 cm³/mol. The monoisotopic (exact) mass is 487 g/mol. The minimum absolute atomic E-state index is 0.166. The zero-order valence-corrected chi connectivity index (χ0v) is 19.2. The summed E-state index contributed by atoms with van der Waals surface area (Å²) in [5.74, 6) is 1.50. The molecule has 0 spiro atoms. The molecule has 3 heterocycles. The normalized spacial score (nSPS) is 14.2. The lowest BCUT2D eigenvalue weighted by Gasteiger charge is -2.35. The summed E-state index contributed by atoms with van der Waals surface area (Å²) in [5.41, 5.74) is 0.745. The Kier molecular flexibility index (Phi) is 7.56. The van der Waals surface area contributed by atoms with E-state index < -0.39 is 5.91 Å². The van der Waals surface area contributed by atoms with Gasteiger partial charge in [-0.15, -0.1) is 0 Å². The molecule has 4 rings (SSSR count). The molecule has 0 saturated carbocycles. The minimum atomic E-state index is -0.410. The van der Waals surface area contributed by atoms with Crippen LogP contribution < -0.4 is 15.5 Å². The molecule has 9 nitrogen and oxygen atoms in total. The highest BCUT2D eigenvalue weighted by Gasteiger charge is 2.18. The first-order valence-corrected chi connectivity index (χ1v) is 11.2. The Bertz CT molecular complexity index is 1100. The average molecular weight is 488 g/mol. The Labute approximate surface area is 201 Å². The van der Waals surface area contributed by atoms with Crippen molar-refractivity contribution >= 4 is 52.3 Å². The molecule has 0 atom stereocenters. The molecule has 2 aromatic heterocycles. The number of benzene rings is 1. The van der Waals surface area contributed by atoms with Crippen molar-refractivity contribution in [2.45, 2.75) is 0 Å². The number of piperazine rings is 1. The summed E-state index contributed by atoms with van der Waals surface area (Å²) >= 11 is 12.3. The molecular formula is C22H23Cl2N7O2. The van der Waals surface area contributed by atoms with E-state index in [-0.39, 0.29) is 22.2 Å². The van der Waals surface area contributed by atoms with E-state index in [2.05, 4.69) is 35.4 Å². The molecule has 1 amide bonds. The van der Waals surface area contributed by atoms with Crippen molar-refractivity contribution in [2.24, 2.45) is 0 Å². The van der Waals surface area contributed by atoms with E-state index in [9.17, 15) is 4.79 Å². The number of carbonyl (C=O) groups is 1. The molecule has 11 heteroatoms. The number of rotatable bonds is 7. The van der Waals surface area contributed by atoms with Gasteiger partial charge in [0.1, 0.15) is 23.8 Å². The first kappa shape index (κ1) is 23.2. The lowest BCUT2D eigenvalue weighted by Crippen LogP contribution is -2.47. The minimum Gasteiger partial charge on any atom is -0.395 e. The van der Waals surface area contributed by atoms with Crippen molar-refractivity contribution in [3.63, 3.8) is 0 Å². The summed E-state index contributed by atoms with van der Waals surface area (Å²) in [6, 6.07) is 10.1. The van der Waals surface area contributed by atoms with Crippen LogP contribution >= 0.6 is 23.2 Å². The van der Waals surface area contributed by atoms with E-state index in [0.29, 0.717) is 23.9 Å². The summed E-state index contributed by atoms with van der Waals surface area (Å²) in [6.45, 7) is 4.23. The number of amides is 1. The molecule has 0 bridgehead atoms. The summed E-state index contributed by atoms with van der Waals surface area (Å²) in [7, 11) is 0. The van der Waals surface area contributed by atoms with Crippen LogP contribution in [0.2, 0.25) is 10.0 Å². The van der Waals surface area contributed by atoms with Gasteiger partial charge in [-0.05, 0) is 18.2 Å². The zero-order chi connectivity index (χ0) is 23.2. The molecule has 1 saturated heterocycles. The highest BCUT2D eigenvalue weighted by Crippen LogP contribution is 2.26. The van der Waals surface area contributed by atoms with Crippen LogP contribution in [0.25, 0.3) is 0 Å². The van der Waals surface area contributed by atoms with E-state index in [1.54, 1.807) is 36.5 Å². The van der Waals surface area contributed by atoms with Crippen LogP contribution in [0, 0.1) is 0 Å². The molecule has 172 valence electrons. The van der Waals surface area contributed by atoms with Crippen molar-refractivity contribution in [2.75, 3.05) is 54.9 Å². The predicted octanol–water partition coefficient (Wildman–Crippen LogP) is 3.29. The number of aliphatic hydroxyl groups excluding tert-OH is 1. The van der Waals surface area contributed by atoms with Gasteiger partial charge >= 0.3 is 0 Å². The molecule has 3 aromatic rings. The molecule has 0 radical (unpaired) electrons. The van der Waals surface area contributed by atoms with Gasteiger partial charge in [0.05, 0.1) is 22.2 Å². The number of anilines is 4. The van der Waals surface area contributed by atoms with Crippen LogP contribution in [0.4, 0.5) is 23.1 Å². The third-order valence-corrected chi connectivity index (χ3v) is 5.86. The van der Waals surface area contributed by atoms with Crippen LogP contribution in [-0.2, 0) is 0 Å². The Morgan fingerprint density at radius 2 is 1.73 bits per heavy atom. The number of halogens is 2. The Hall–Kier alpha value is -2.98. The first-order chi connectivity index (χ1) is 16.0. The summed E-state index contributed by atoms with van der Waals surface area (Å²) < 4.78 is 0. The molecule has 1 fully saturated rings. The second-order valence-electron chi connectivity index (χ2n) is 7.42. The van der Waals surface area contributed by atoms with Gasteiger partial charge in [0.25, 0.3) is 5.91 Å². The van der Waals surface area contributed by atoms with E-state index in [1.807, 2.05) is 6.07 Å². The maximum absolute atomic E-state index is 12.6. The number of aliphatic hydroxyl groups is 1. The number of aromatic nitrogens is 3. The Balaban J connectivity index is 1.43. The standard InChI is InChI=1S/C22H23Cl2N7O2/c23-16-2-1-3-17(24)21(16)22(33)28-15-4-5-25-18(12-15)29-19-13-20(27-14-26-19)31-8-6-30(7-9-31)10-11-32/h1-5,12-14,32H,6-11H2,(H2,25,26,27,28,29,33). The number of β-amino-alcohol motifs (C(OH)–C–C–N with tert-alkyl or cyclic N) is 1. The summed E-state index contributed by atoms with van der Waals surface area (Å²) in [6.07, 6.45) is 3.08. The molecular weight excluding hydrogens is 465 g/mol. The van der Waals surface area contributed by atoms with Crippen LogP contribution in [-0.4, -0.2) is 70.2 Å². The van der Waals surface area contributed by atoms with Crippen molar-refractivity contribution in [3.8, 4) is 0 Å². The molecule has 1 aromatic carbocycles.